The minimum atomic E-state index is 0.474. The van der Waals surface area contributed by atoms with Crippen LogP contribution in [0.3, 0.4) is 0 Å². The van der Waals surface area contributed by atoms with Crippen LogP contribution in [0.25, 0.3) is 6.08 Å². The molecule has 0 spiro atoms. The van der Waals surface area contributed by atoms with Crippen LogP contribution in [0, 0.1) is 0 Å². The first-order chi connectivity index (χ1) is 10.7. The van der Waals surface area contributed by atoms with Crippen molar-refractivity contribution < 1.29 is 14.7 Å². The molecular formula is C17H16BrNO3. The Labute approximate surface area is 137 Å². The predicted molar refractivity (Wildman–Crippen MR) is 91.0 cm³/mol. The molecule has 0 aliphatic rings. The van der Waals surface area contributed by atoms with Crippen LogP contribution >= 0.6 is 15.9 Å². The number of rotatable bonds is 5. The summed E-state index contributed by atoms with van der Waals surface area (Å²) in [5.74, 6) is 1.28. The highest BCUT2D eigenvalue weighted by molar-refractivity contribution is 9.10. The van der Waals surface area contributed by atoms with Gasteiger partial charge in [0.1, 0.15) is 5.71 Å². The van der Waals surface area contributed by atoms with Gasteiger partial charge in [-0.15, -0.1) is 0 Å². The van der Waals surface area contributed by atoms with Crippen LogP contribution in [0.15, 0.2) is 58.2 Å². The summed E-state index contributed by atoms with van der Waals surface area (Å²) in [7, 11) is 3.18. The van der Waals surface area contributed by atoms with E-state index in [-0.39, 0.29) is 0 Å². The van der Waals surface area contributed by atoms with Gasteiger partial charge in [0, 0.05) is 10.0 Å². The van der Waals surface area contributed by atoms with Crippen LogP contribution in [-0.4, -0.2) is 25.1 Å². The van der Waals surface area contributed by atoms with E-state index in [4.69, 9.17) is 9.47 Å². The molecule has 0 atom stereocenters. The Bertz CT molecular complexity index is 697. The fourth-order valence-corrected chi connectivity index (χ4v) is 2.42. The summed E-state index contributed by atoms with van der Waals surface area (Å²) in [6.07, 6.45) is 3.58. The minimum Gasteiger partial charge on any atom is -0.493 e. The van der Waals surface area contributed by atoms with Crippen LogP contribution < -0.4 is 9.47 Å². The standard InChI is InChI=1S/C17H16BrNO3/c1-21-16-10-13(14(18)11-17(16)22-2)8-9-15(19-20)12-6-4-3-5-7-12/h3-11,20H,1-2H3. The van der Waals surface area contributed by atoms with Gasteiger partial charge in [0.25, 0.3) is 0 Å². The molecule has 2 rings (SSSR count). The summed E-state index contributed by atoms with van der Waals surface area (Å²) in [5, 5.41) is 12.5. The number of ether oxygens (including phenoxy) is 2. The Kier molecular flexibility index (Phi) is 5.61. The lowest BCUT2D eigenvalue weighted by Crippen LogP contribution is -1.96. The molecule has 0 aromatic heterocycles. The summed E-state index contributed by atoms with van der Waals surface area (Å²) < 4.78 is 11.4. The van der Waals surface area contributed by atoms with E-state index in [0.29, 0.717) is 17.2 Å². The van der Waals surface area contributed by atoms with E-state index in [1.54, 1.807) is 20.3 Å². The average Bonchev–Trinajstić information content (AvgIpc) is 2.57. The van der Waals surface area contributed by atoms with Gasteiger partial charge in [0.05, 0.1) is 14.2 Å². The number of benzene rings is 2. The van der Waals surface area contributed by atoms with Gasteiger partial charge in [-0.3, -0.25) is 0 Å². The van der Waals surface area contributed by atoms with Crippen LogP contribution in [0.1, 0.15) is 11.1 Å². The molecule has 0 aliphatic carbocycles. The number of hydrogen-bond donors (Lipinski definition) is 1. The number of allylic oxidation sites excluding steroid dienone is 1. The van der Waals surface area contributed by atoms with Gasteiger partial charge < -0.3 is 14.7 Å². The van der Waals surface area contributed by atoms with Crippen LogP contribution in [0.5, 0.6) is 11.5 Å². The molecule has 0 unspecified atom stereocenters. The molecule has 2 aromatic carbocycles. The molecule has 2 aromatic rings. The summed E-state index contributed by atoms with van der Waals surface area (Å²) >= 11 is 3.49. The third-order valence-corrected chi connectivity index (χ3v) is 3.79. The molecule has 0 saturated carbocycles. The summed E-state index contributed by atoms with van der Waals surface area (Å²) in [5.41, 5.74) is 2.19. The second-order valence-corrected chi connectivity index (χ2v) is 5.27. The first-order valence-electron chi connectivity index (χ1n) is 6.56. The van der Waals surface area contributed by atoms with E-state index in [1.165, 1.54) is 0 Å². The van der Waals surface area contributed by atoms with E-state index in [2.05, 4.69) is 21.1 Å². The fourth-order valence-electron chi connectivity index (χ4n) is 1.96. The predicted octanol–water partition coefficient (Wildman–Crippen LogP) is 4.36. The molecule has 0 saturated heterocycles. The Morgan fingerprint density at radius 3 is 2.32 bits per heavy atom. The summed E-state index contributed by atoms with van der Waals surface area (Å²) in [4.78, 5) is 0. The quantitative estimate of drug-likeness (QED) is 0.489. The van der Waals surface area contributed by atoms with Gasteiger partial charge in [0.15, 0.2) is 11.5 Å². The zero-order chi connectivity index (χ0) is 15.9. The molecule has 114 valence electrons. The van der Waals surface area contributed by atoms with Crippen molar-refractivity contribution in [3.8, 4) is 11.5 Å². The number of methoxy groups -OCH3 is 2. The van der Waals surface area contributed by atoms with Gasteiger partial charge in [-0.1, -0.05) is 57.5 Å². The first-order valence-corrected chi connectivity index (χ1v) is 7.36. The lowest BCUT2D eigenvalue weighted by atomic mass is 10.1. The number of halogens is 1. The number of nitrogens with zero attached hydrogens (tertiary/aromatic N) is 1. The number of hydrogen-bond acceptors (Lipinski definition) is 4. The first kappa shape index (κ1) is 16.1. The highest BCUT2D eigenvalue weighted by atomic mass is 79.9. The maximum atomic E-state index is 9.19. The topological polar surface area (TPSA) is 51.0 Å². The second-order valence-electron chi connectivity index (χ2n) is 4.41. The highest BCUT2D eigenvalue weighted by Gasteiger charge is 2.08. The van der Waals surface area contributed by atoms with E-state index in [0.717, 1.165) is 15.6 Å². The smallest absolute Gasteiger partial charge is 0.161 e. The van der Waals surface area contributed by atoms with Crippen molar-refractivity contribution in [2.75, 3.05) is 14.2 Å². The van der Waals surface area contributed by atoms with E-state index >= 15 is 0 Å². The highest BCUT2D eigenvalue weighted by Crippen LogP contribution is 2.33. The summed E-state index contributed by atoms with van der Waals surface area (Å²) in [6, 6.07) is 13.1. The van der Waals surface area contributed by atoms with Gasteiger partial charge in [-0.05, 0) is 23.8 Å². The Morgan fingerprint density at radius 1 is 1.09 bits per heavy atom. The summed E-state index contributed by atoms with van der Waals surface area (Å²) in [6.45, 7) is 0. The van der Waals surface area contributed by atoms with E-state index < -0.39 is 0 Å². The molecule has 0 radical (unpaired) electrons. The SMILES string of the molecule is COc1cc(Br)c(C=CC(=NO)c2ccccc2)cc1OC. The van der Waals surface area contributed by atoms with Crippen molar-refractivity contribution in [2.45, 2.75) is 0 Å². The average molecular weight is 362 g/mol. The molecule has 0 fully saturated rings. The minimum absolute atomic E-state index is 0.474. The maximum absolute atomic E-state index is 9.19. The van der Waals surface area contributed by atoms with Crippen LogP contribution in [0.2, 0.25) is 0 Å². The third-order valence-electron chi connectivity index (χ3n) is 3.10. The molecule has 0 amide bonds. The van der Waals surface area contributed by atoms with Crippen LogP contribution in [-0.2, 0) is 0 Å². The Hall–Kier alpha value is -2.27. The molecule has 0 aliphatic heterocycles. The molecule has 0 heterocycles. The lowest BCUT2D eigenvalue weighted by Gasteiger charge is -2.10. The maximum Gasteiger partial charge on any atom is 0.161 e. The zero-order valence-electron chi connectivity index (χ0n) is 12.3. The third kappa shape index (κ3) is 3.68. The van der Waals surface area contributed by atoms with Gasteiger partial charge in [0.2, 0.25) is 0 Å². The number of oxime groups is 1. The Balaban J connectivity index is 2.33. The molecular weight excluding hydrogens is 346 g/mol. The van der Waals surface area contributed by atoms with E-state index in [9.17, 15) is 5.21 Å². The molecule has 22 heavy (non-hydrogen) atoms. The normalized spacial score (nSPS) is 11.7. The van der Waals surface area contributed by atoms with Crippen molar-refractivity contribution in [1.29, 1.82) is 0 Å². The molecule has 1 N–H and O–H groups in total. The molecule has 5 heteroatoms. The molecule has 0 bridgehead atoms. The van der Waals surface area contributed by atoms with Crippen molar-refractivity contribution in [2.24, 2.45) is 5.16 Å². The largest absolute Gasteiger partial charge is 0.493 e. The van der Waals surface area contributed by atoms with Crippen molar-refractivity contribution in [3.05, 3.63) is 64.1 Å². The van der Waals surface area contributed by atoms with Crippen molar-refractivity contribution in [1.82, 2.24) is 0 Å². The van der Waals surface area contributed by atoms with Crippen LogP contribution in [0.4, 0.5) is 0 Å². The monoisotopic (exact) mass is 361 g/mol. The van der Waals surface area contributed by atoms with Crippen molar-refractivity contribution in [3.63, 3.8) is 0 Å². The second kappa shape index (κ2) is 7.66. The molecule has 4 nitrogen and oxygen atoms in total. The zero-order valence-corrected chi connectivity index (χ0v) is 13.9. The van der Waals surface area contributed by atoms with E-state index in [1.807, 2.05) is 48.5 Å². The van der Waals surface area contributed by atoms with Gasteiger partial charge in [-0.2, -0.15) is 0 Å². The van der Waals surface area contributed by atoms with Gasteiger partial charge >= 0.3 is 0 Å². The lowest BCUT2D eigenvalue weighted by molar-refractivity contribution is 0.320. The van der Waals surface area contributed by atoms with Gasteiger partial charge in [-0.25, -0.2) is 0 Å². The van der Waals surface area contributed by atoms with Crippen molar-refractivity contribution >= 4 is 27.7 Å². The fraction of sp³-hybridized carbons (Fsp3) is 0.118. The Morgan fingerprint density at radius 2 is 1.73 bits per heavy atom.